The van der Waals surface area contributed by atoms with E-state index in [0.29, 0.717) is 35.5 Å². The van der Waals surface area contributed by atoms with Crippen LogP contribution in [0.5, 0.6) is 11.5 Å². The topological polar surface area (TPSA) is 112 Å². The van der Waals surface area contributed by atoms with Gasteiger partial charge in [-0.3, -0.25) is 14.7 Å². The van der Waals surface area contributed by atoms with Crippen LogP contribution in [0, 0.1) is 11.8 Å². The highest BCUT2D eigenvalue weighted by molar-refractivity contribution is 7.88. The lowest BCUT2D eigenvalue weighted by atomic mass is 9.59. The van der Waals surface area contributed by atoms with Crippen LogP contribution >= 0.6 is 11.6 Å². The van der Waals surface area contributed by atoms with Crippen LogP contribution in [-0.2, 0) is 42.7 Å². The number of nitrogens with zero attached hydrogens (tertiary/aromatic N) is 2. The molecule has 3 aromatic rings. The summed E-state index contributed by atoms with van der Waals surface area (Å²) in [6.45, 7) is 4.39. The molecule has 304 valence electrons. The molecular formula is C39H41ClF6N2O7S. The van der Waals surface area contributed by atoms with E-state index in [1.807, 2.05) is 13.0 Å². The van der Waals surface area contributed by atoms with Gasteiger partial charge in [-0.25, -0.2) is 4.79 Å². The predicted molar refractivity (Wildman–Crippen MR) is 194 cm³/mol. The van der Waals surface area contributed by atoms with Gasteiger partial charge in [0.1, 0.15) is 17.0 Å². The Morgan fingerprint density at radius 2 is 1.75 bits per heavy atom. The molecule has 0 saturated heterocycles. The Labute approximate surface area is 325 Å². The number of rotatable bonds is 10. The molecule has 6 rings (SSSR count). The van der Waals surface area contributed by atoms with Crippen molar-refractivity contribution in [3.8, 4) is 11.5 Å². The molecule has 1 fully saturated rings. The molecule has 1 saturated carbocycles. The molecule has 3 aliphatic rings. The highest BCUT2D eigenvalue weighted by Crippen LogP contribution is 2.58. The summed E-state index contributed by atoms with van der Waals surface area (Å²) in [4.78, 5) is 31.9. The van der Waals surface area contributed by atoms with Gasteiger partial charge >= 0.3 is 33.7 Å². The number of benzene rings is 2. The van der Waals surface area contributed by atoms with Crippen molar-refractivity contribution in [1.82, 2.24) is 4.98 Å². The highest BCUT2D eigenvalue weighted by Gasteiger charge is 2.60. The minimum atomic E-state index is -6.03. The zero-order chi connectivity index (χ0) is 40.8. The van der Waals surface area contributed by atoms with Gasteiger partial charge in [0, 0.05) is 28.2 Å². The number of alkyl halides is 6. The SMILES string of the molecule is COC(=O)C1(N(C(=O)C(F)(F)F)c2cccc(Cl)c2)CCC2(CC1)c1cc(OS(=O)(=O)C(F)(F)F)ccc1C[C@H]2C[C@@H](C)COc1ccnc2c1[C@H](C)CCC2. The number of hydrogen-bond donors (Lipinski definition) is 0. The number of halogens is 7. The normalized spacial score (nSPS) is 24.2. The van der Waals surface area contributed by atoms with E-state index in [0.717, 1.165) is 55.5 Å². The molecule has 9 nitrogen and oxygen atoms in total. The molecule has 2 aromatic carbocycles. The zero-order valence-corrected chi connectivity index (χ0v) is 32.4. The van der Waals surface area contributed by atoms with Gasteiger partial charge in [0.25, 0.3) is 0 Å². The number of esters is 1. The summed E-state index contributed by atoms with van der Waals surface area (Å²) in [7, 11) is -5.03. The van der Waals surface area contributed by atoms with Gasteiger partial charge in [-0.05, 0) is 128 Å². The average Bonchev–Trinajstić information content (AvgIpc) is 3.41. The molecule has 1 spiro atoms. The van der Waals surface area contributed by atoms with Crippen LogP contribution in [0.4, 0.5) is 32.0 Å². The molecule has 17 heteroatoms. The third-order valence-electron chi connectivity index (χ3n) is 11.6. The Morgan fingerprint density at radius 3 is 2.39 bits per heavy atom. The first-order chi connectivity index (χ1) is 26.2. The lowest BCUT2D eigenvalue weighted by Gasteiger charge is -2.51. The van der Waals surface area contributed by atoms with Gasteiger partial charge in [0.05, 0.1) is 13.7 Å². The van der Waals surface area contributed by atoms with Crippen LogP contribution in [-0.4, -0.2) is 56.2 Å². The molecule has 3 atom stereocenters. The van der Waals surface area contributed by atoms with Crippen molar-refractivity contribution in [1.29, 1.82) is 0 Å². The van der Waals surface area contributed by atoms with Crippen LogP contribution < -0.4 is 13.8 Å². The standard InChI is InChI=1S/C39H41ClF6N2O7S/c1-23(22-54-32-12-17-47-31-9-4-6-24(2)33(31)32)18-26-19-25-10-11-29(55-56(51,52)39(44,45)46)21-30(25)36(26)13-15-37(16-14-36,35(50)53-3)48(34(49)38(41,42)43)28-8-5-7-27(40)20-28/h5,7-8,10-12,17,20-21,23-24,26H,4,6,9,13-16,18-19,22H2,1-3H3/t23-,24-,26-,36?,37?/m1/s1. The second-order valence-electron chi connectivity index (χ2n) is 15.1. The smallest absolute Gasteiger partial charge is 0.493 e. The van der Waals surface area contributed by atoms with E-state index in [2.05, 4.69) is 16.1 Å². The number of ether oxygens (including phenoxy) is 2. The second-order valence-corrected chi connectivity index (χ2v) is 17.1. The summed E-state index contributed by atoms with van der Waals surface area (Å²) in [5.41, 5.74) is -5.93. The van der Waals surface area contributed by atoms with E-state index < -0.39 is 50.4 Å². The maximum atomic E-state index is 14.3. The first-order valence-electron chi connectivity index (χ1n) is 18.2. The number of aryl methyl sites for hydroxylation is 1. The first kappa shape index (κ1) is 41.6. The molecule has 0 radical (unpaired) electrons. The number of amides is 1. The van der Waals surface area contributed by atoms with Crippen LogP contribution in [0.1, 0.15) is 87.1 Å². The minimum absolute atomic E-state index is 0.0128. The maximum Gasteiger partial charge on any atom is 0.534 e. The number of carbonyl (C=O) groups is 2. The molecule has 3 aliphatic carbocycles. The Hall–Kier alpha value is -4.05. The molecule has 0 aliphatic heterocycles. The lowest BCUT2D eigenvalue weighted by Crippen LogP contribution is -2.63. The van der Waals surface area contributed by atoms with Gasteiger partial charge in [0.15, 0.2) is 0 Å². The molecule has 1 heterocycles. The third kappa shape index (κ3) is 7.79. The van der Waals surface area contributed by atoms with E-state index in [9.17, 15) is 44.3 Å². The fourth-order valence-electron chi connectivity index (χ4n) is 9.06. The lowest BCUT2D eigenvalue weighted by molar-refractivity contribution is -0.174. The maximum absolute atomic E-state index is 14.3. The number of hydrogen-bond acceptors (Lipinski definition) is 8. The van der Waals surface area contributed by atoms with Gasteiger partial charge in [-0.15, -0.1) is 0 Å². The molecule has 0 bridgehead atoms. The van der Waals surface area contributed by atoms with Crippen molar-refractivity contribution in [3.05, 3.63) is 82.1 Å². The van der Waals surface area contributed by atoms with Crippen molar-refractivity contribution >= 4 is 39.3 Å². The Bertz CT molecular complexity index is 2090. The molecule has 56 heavy (non-hydrogen) atoms. The molecular weight excluding hydrogens is 790 g/mol. The fraction of sp³-hybridized carbons (Fsp3) is 0.513. The van der Waals surface area contributed by atoms with Crippen molar-refractivity contribution in [2.24, 2.45) is 11.8 Å². The van der Waals surface area contributed by atoms with Crippen molar-refractivity contribution in [2.45, 2.75) is 100 Å². The number of methoxy groups -OCH3 is 1. The van der Waals surface area contributed by atoms with E-state index in [4.69, 9.17) is 21.1 Å². The summed E-state index contributed by atoms with van der Waals surface area (Å²) in [5, 5.41) is 0.0128. The fourth-order valence-corrected chi connectivity index (χ4v) is 9.70. The predicted octanol–water partition coefficient (Wildman–Crippen LogP) is 9.00. The van der Waals surface area contributed by atoms with Crippen molar-refractivity contribution in [3.63, 3.8) is 0 Å². The van der Waals surface area contributed by atoms with Crippen molar-refractivity contribution in [2.75, 3.05) is 18.6 Å². The molecule has 0 N–H and O–H groups in total. The number of fused-ring (bicyclic) bond motifs is 3. The van der Waals surface area contributed by atoms with E-state index in [1.54, 1.807) is 6.20 Å². The third-order valence-corrected chi connectivity index (χ3v) is 12.8. The van der Waals surface area contributed by atoms with Crippen LogP contribution in [0.2, 0.25) is 5.02 Å². The number of carbonyl (C=O) groups excluding carboxylic acids is 2. The second kappa shape index (κ2) is 15.4. The quantitative estimate of drug-likeness (QED) is 0.0862. The van der Waals surface area contributed by atoms with E-state index in [-0.39, 0.29) is 54.1 Å². The summed E-state index contributed by atoms with van der Waals surface area (Å²) < 4.78 is 123. The zero-order valence-electron chi connectivity index (χ0n) is 30.8. The minimum Gasteiger partial charge on any atom is -0.493 e. The highest BCUT2D eigenvalue weighted by atomic mass is 35.5. The Morgan fingerprint density at radius 1 is 1.04 bits per heavy atom. The summed E-state index contributed by atoms with van der Waals surface area (Å²) in [5.74, 6) is -3.40. The van der Waals surface area contributed by atoms with Crippen LogP contribution in [0.25, 0.3) is 0 Å². The van der Waals surface area contributed by atoms with Crippen molar-refractivity contribution < 1.29 is 58.0 Å². The van der Waals surface area contributed by atoms with Crippen LogP contribution in [0.3, 0.4) is 0 Å². The summed E-state index contributed by atoms with van der Waals surface area (Å²) in [6.07, 6.45) is -0.690. The number of aromatic nitrogens is 1. The molecule has 0 unspecified atom stereocenters. The average molecular weight is 831 g/mol. The number of anilines is 1. The van der Waals surface area contributed by atoms with E-state index in [1.165, 1.54) is 30.3 Å². The van der Waals surface area contributed by atoms with Gasteiger partial charge < -0.3 is 13.7 Å². The molecule has 1 aromatic heterocycles. The summed E-state index contributed by atoms with van der Waals surface area (Å²) >= 11 is 6.15. The first-order valence-corrected chi connectivity index (χ1v) is 20.0. The van der Waals surface area contributed by atoms with Gasteiger partial charge in [-0.2, -0.15) is 34.8 Å². The monoisotopic (exact) mass is 830 g/mol. The van der Waals surface area contributed by atoms with Crippen LogP contribution in [0.15, 0.2) is 54.7 Å². The van der Waals surface area contributed by atoms with E-state index >= 15 is 0 Å². The van der Waals surface area contributed by atoms with Gasteiger partial charge in [-0.1, -0.05) is 37.6 Å². The molecule has 1 amide bonds. The Kier molecular flexibility index (Phi) is 11.4. The van der Waals surface area contributed by atoms with Gasteiger partial charge in [0.2, 0.25) is 0 Å². The largest absolute Gasteiger partial charge is 0.534 e. The Balaban J connectivity index is 1.37. The number of pyridine rings is 1. The summed E-state index contributed by atoms with van der Waals surface area (Å²) in [6, 6.07) is 10.8.